The molecule has 0 saturated carbocycles. The van der Waals surface area contributed by atoms with E-state index in [-0.39, 0.29) is 6.04 Å². The second-order valence-electron chi connectivity index (χ2n) is 4.49. The summed E-state index contributed by atoms with van der Waals surface area (Å²) < 4.78 is 16.0. The van der Waals surface area contributed by atoms with E-state index in [1.807, 2.05) is 12.1 Å². The molecule has 2 unspecified atom stereocenters. The molecule has 0 heterocycles. The number of hydrogen-bond donors (Lipinski definition) is 2. The van der Waals surface area contributed by atoms with Crippen molar-refractivity contribution in [1.29, 1.82) is 0 Å². The van der Waals surface area contributed by atoms with E-state index >= 15 is 0 Å². The molecule has 0 aromatic heterocycles. The summed E-state index contributed by atoms with van der Waals surface area (Å²) in [5.41, 5.74) is 3.88. The van der Waals surface area contributed by atoms with Crippen LogP contribution in [0.25, 0.3) is 0 Å². The summed E-state index contributed by atoms with van der Waals surface area (Å²) in [5.74, 6) is 7.94. The van der Waals surface area contributed by atoms with Crippen LogP contribution < -0.4 is 25.5 Å². The van der Waals surface area contributed by atoms with Crippen molar-refractivity contribution >= 4 is 0 Å². The second kappa shape index (κ2) is 7.21. The standard InChI is InChI=1S/C14H24N2O3/c1-6-9(2)13(16-15)10-7-11(17-3)14(19-5)12(8-10)18-4/h7-9,13,16H,6,15H2,1-5H3. The van der Waals surface area contributed by atoms with Crippen molar-refractivity contribution in [2.45, 2.75) is 26.3 Å². The van der Waals surface area contributed by atoms with E-state index in [0.29, 0.717) is 23.2 Å². The van der Waals surface area contributed by atoms with Crippen molar-refractivity contribution in [3.63, 3.8) is 0 Å². The average Bonchev–Trinajstić information content (AvgIpc) is 2.46. The van der Waals surface area contributed by atoms with E-state index in [9.17, 15) is 0 Å². The second-order valence-corrected chi connectivity index (χ2v) is 4.49. The first-order valence-electron chi connectivity index (χ1n) is 6.38. The van der Waals surface area contributed by atoms with Crippen LogP contribution in [0.5, 0.6) is 17.2 Å². The Bertz CT molecular complexity index is 385. The van der Waals surface area contributed by atoms with Crippen LogP contribution >= 0.6 is 0 Å². The Labute approximate surface area is 115 Å². The van der Waals surface area contributed by atoms with Gasteiger partial charge in [-0.25, -0.2) is 0 Å². The molecule has 0 fully saturated rings. The fourth-order valence-electron chi connectivity index (χ4n) is 2.11. The van der Waals surface area contributed by atoms with Crippen molar-refractivity contribution in [2.24, 2.45) is 11.8 Å². The lowest BCUT2D eigenvalue weighted by Gasteiger charge is -2.24. The molecule has 0 amide bonds. The van der Waals surface area contributed by atoms with Gasteiger partial charge in [0, 0.05) is 6.04 Å². The van der Waals surface area contributed by atoms with E-state index in [1.54, 1.807) is 21.3 Å². The van der Waals surface area contributed by atoms with Crippen molar-refractivity contribution in [3.8, 4) is 17.2 Å². The molecule has 108 valence electrons. The van der Waals surface area contributed by atoms with E-state index in [2.05, 4.69) is 19.3 Å². The molecule has 0 spiro atoms. The van der Waals surface area contributed by atoms with Crippen molar-refractivity contribution in [1.82, 2.24) is 5.43 Å². The van der Waals surface area contributed by atoms with Crippen LogP contribution in [0.2, 0.25) is 0 Å². The quantitative estimate of drug-likeness (QED) is 0.586. The Morgan fingerprint density at radius 1 is 1.11 bits per heavy atom. The lowest BCUT2D eigenvalue weighted by atomic mass is 9.92. The first-order chi connectivity index (χ1) is 9.12. The molecule has 0 radical (unpaired) electrons. The molecule has 1 aromatic carbocycles. The third kappa shape index (κ3) is 3.30. The minimum absolute atomic E-state index is 0.0405. The molecular formula is C14H24N2O3. The van der Waals surface area contributed by atoms with Crippen molar-refractivity contribution in [3.05, 3.63) is 17.7 Å². The van der Waals surface area contributed by atoms with Gasteiger partial charge >= 0.3 is 0 Å². The zero-order chi connectivity index (χ0) is 14.4. The SMILES string of the molecule is CCC(C)C(NN)c1cc(OC)c(OC)c(OC)c1. The third-order valence-electron chi connectivity index (χ3n) is 3.44. The number of methoxy groups -OCH3 is 3. The topological polar surface area (TPSA) is 65.7 Å². The number of hydrazine groups is 1. The van der Waals surface area contributed by atoms with Gasteiger partial charge in [-0.05, 0) is 23.6 Å². The number of ether oxygens (including phenoxy) is 3. The molecule has 0 aliphatic carbocycles. The van der Waals surface area contributed by atoms with Gasteiger partial charge in [0.25, 0.3) is 0 Å². The fraction of sp³-hybridized carbons (Fsp3) is 0.571. The molecule has 1 aromatic rings. The first-order valence-corrected chi connectivity index (χ1v) is 6.38. The van der Waals surface area contributed by atoms with Crippen LogP contribution in [0, 0.1) is 5.92 Å². The summed E-state index contributed by atoms with van der Waals surface area (Å²) in [5, 5.41) is 0. The molecule has 0 bridgehead atoms. The molecule has 0 aliphatic rings. The van der Waals surface area contributed by atoms with Crippen LogP contribution in [-0.2, 0) is 0 Å². The van der Waals surface area contributed by atoms with E-state index in [0.717, 1.165) is 12.0 Å². The number of nitrogens with two attached hydrogens (primary N) is 1. The van der Waals surface area contributed by atoms with Crippen LogP contribution in [-0.4, -0.2) is 21.3 Å². The molecule has 5 heteroatoms. The monoisotopic (exact) mass is 268 g/mol. The molecule has 0 saturated heterocycles. The molecule has 3 N–H and O–H groups in total. The largest absolute Gasteiger partial charge is 0.493 e. The summed E-state index contributed by atoms with van der Waals surface area (Å²) in [6.07, 6.45) is 1.02. The Balaban J connectivity index is 3.28. The van der Waals surface area contributed by atoms with E-state index < -0.39 is 0 Å². The van der Waals surface area contributed by atoms with Crippen molar-refractivity contribution < 1.29 is 14.2 Å². The first kappa shape index (κ1) is 15.6. The predicted molar refractivity (Wildman–Crippen MR) is 75.6 cm³/mol. The number of nitrogens with one attached hydrogen (secondary N) is 1. The highest BCUT2D eigenvalue weighted by Gasteiger charge is 2.21. The number of hydrogen-bond acceptors (Lipinski definition) is 5. The molecule has 5 nitrogen and oxygen atoms in total. The van der Waals surface area contributed by atoms with E-state index in [1.165, 1.54) is 0 Å². The fourth-order valence-corrected chi connectivity index (χ4v) is 2.11. The molecule has 1 rings (SSSR count). The Kier molecular flexibility index (Phi) is 5.92. The lowest BCUT2D eigenvalue weighted by molar-refractivity contribution is 0.320. The van der Waals surface area contributed by atoms with Crippen LogP contribution in [0.4, 0.5) is 0 Å². The average molecular weight is 268 g/mol. The van der Waals surface area contributed by atoms with Gasteiger partial charge < -0.3 is 14.2 Å². The summed E-state index contributed by atoms with van der Waals surface area (Å²) in [6.45, 7) is 4.28. The Hall–Kier alpha value is -1.46. The summed E-state index contributed by atoms with van der Waals surface area (Å²) in [6, 6.07) is 3.90. The maximum Gasteiger partial charge on any atom is 0.203 e. The highest BCUT2D eigenvalue weighted by Crippen LogP contribution is 2.40. The van der Waals surface area contributed by atoms with Crippen molar-refractivity contribution in [2.75, 3.05) is 21.3 Å². The summed E-state index contributed by atoms with van der Waals surface area (Å²) in [4.78, 5) is 0. The minimum Gasteiger partial charge on any atom is -0.493 e. The van der Waals surface area contributed by atoms with Gasteiger partial charge in [-0.3, -0.25) is 11.3 Å². The van der Waals surface area contributed by atoms with Crippen LogP contribution in [0.3, 0.4) is 0 Å². The van der Waals surface area contributed by atoms with E-state index in [4.69, 9.17) is 20.1 Å². The smallest absolute Gasteiger partial charge is 0.203 e. The Morgan fingerprint density at radius 2 is 1.63 bits per heavy atom. The van der Waals surface area contributed by atoms with Gasteiger partial charge in [0.2, 0.25) is 5.75 Å². The zero-order valence-corrected chi connectivity index (χ0v) is 12.3. The zero-order valence-electron chi connectivity index (χ0n) is 12.3. The van der Waals surface area contributed by atoms with Gasteiger partial charge in [0.15, 0.2) is 11.5 Å². The van der Waals surface area contributed by atoms with Gasteiger partial charge in [0.05, 0.1) is 21.3 Å². The third-order valence-corrected chi connectivity index (χ3v) is 3.44. The summed E-state index contributed by atoms with van der Waals surface area (Å²) in [7, 11) is 4.80. The normalized spacial score (nSPS) is 13.8. The Morgan fingerprint density at radius 3 is 1.95 bits per heavy atom. The highest BCUT2D eigenvalue weighted by molar-refractivity contribution is 5.54. The molecular weight excluding hydrogens is 244 g/mol. The van der Waals surface area contributed by atoms with Gasteiger partial charge in [-0.2, -0.15) is 0 Å². The van der Waals surface area contributed by atoms with Gasteiger partial charge in [-0.1, -0.05) is 20.3 Å². The van der Waals surface area contributed by atoms with Gasteiger partial charge in [0.1, 0.15) is 0 Å². The maximum atomic E-state index is 5.67. The van der Waals surface area contributed by atoms with Crippen LogP contribution in [0.15, 0.2) is 12.1 Å². The number of benzene rings is 1. The van der Waals surface area contributed by atoms with Crippen LogP contribution in [0.1, 0.15) is 31.9 Å². The highest BCUT2D eigenvalue weighted by atomic mass is 16.5. The molecule has 2 atom stereocenters. The molecule has 19 heavy (non-hydrogen) atoms. The lowest BCUT2D eigenvalue weighted by Crippen LogP contribution is -2.32. The summed E-state index contributed by atoms with van der Waals surface area (Å²) >= 11 is 0. The number of rotatable bonds is 7. The molecule has 0 aliphatic heterocycles. The maximum absolute atomic E-state index is 5.67. The minimum atomic E-state index is 0.0405. The van der Waals surface area contributed by atoms with Gasteiger partial charge in [-0.15, -0.1) is 0 Å². The predicted octanol–water partition coefficient (Wildman–Crippen LogP) is 2.26.